The van der Waals surface area contributed by atoms with Crippen LogP contribution in [0.5, 0.6) is 5.75 Å². The van der Waals surface area contributed by atoms with Crippen molar-refractivity contribution >= 4 is 17.5 Å². The minimum atomic E-state index is -0.422. The van der Waals surface area contributed by atoms with Gasteiger partial charge in [0.1, 0.15) is 11.6 Å². The lowest BCUT2D eigenvalue weighted by Crippen LogP contribution is -2.49. The van der Waals surface area contributed by atoms with E-state index in [1.165, 1.54) is 18.2 Å². The largest absolute Gasteiger partial charge is 0.491 e. The molecule has 2 rings (SSSR count). The molecule has 1 fully saturated rings. The molecule has 0 atom stereocenters. The molecule has 0 radical (unpaired) electrons. The number of aliphatic hydroxyl groups is 1. The van der Waals surface area contributed by atoms with Gasteiger partial charge in [-0.1, -0.05) is 11.6 Å². The van der Waals surface area contributed by atoms with E-state index in [0.717, 1.165) is 13.1 Å². The highest BCUT2D eigenvalue weighted by Crippen LogP contribution is 2.24. The summed E-state index contributed by atoms with van der Waals surface area (Å²) >= 11 is 5.85. The molecular weight excluding hydrogens is 311 g/mol. The predicted molar refractivity (Wildman–Crippen MR) is 81.6 cm³/mol. The SMILES string of the molecule is O=C(CCOc1ccc(F)cc1Cl)N1CCN(CCO)CC1. The standard InChI is InChI=1S/C15H20ClFN2O3/c16-13-11-12(17)1-2-14(13)22-10-3-15(21)19-6-4-18(5-7-19)8-9-20/h1-2,11,20H,3-10H2. The van der Waals surface area contributed by atoms with Crippen LogP contribution in [0.15, 0.2) is 18.2 Å². The summed E-state index contributed by atoms with van der Waals surface area (Å²) < 4.78 is 18.3. The maximum absolute atomic E-state index is 12.9. The van der Waals surface area contributed by atoms with Gasteiger partial charge in [0.25, 0.3) is 0 Å². The molecule has 0 unspecified atom stereocenters. The van der Waals surface area contributed by atoms with Crippen molar-refractivity contribution in [2.45, 2.75) is 6.42 Å². The third-order valence-corrected chi connectivity index (χ3v) is 3.90. The second-order valence-electron chi connectivity index (χ2n) is 5.12. The van der Waals surface area contributed by atoms with Crippen molar-refractivity contribution < 1.29 is 19.0 Å². The first-order chi connectivity index (χ1) is 10.6. The number of carbonyl (C=O) groups excluding carboxylic acids is 1. The Morgan fingerprint density at radius 1 is 1.32 bits per heavy atom. The van der Waals surface area contributed by atoms with Crippen LogP contribution in [0.2, 0.25) is 5.02 Å². The third-order valence-electron chi connectivity index (χ3n) is 3.61. The summed E-state index contributed by atoms with van der Waals surface area (Å²) in [7, 11) is 0. The molecule has 1 N–H and O–H groups in total. The van der Waals surface area contributed by atoms with Gasteiger partial charge in [0.05, 0.1) is 24.7 Å². The first kappa shape index (κ1) is 17.0. The minimum Gasteiger partial charge on any atom is -0.491 e. The highest BCUT2D eigenvalue weighted by atomic mass is 35.5. The second kappa shape index (κ2) is 8.31. The predicted octanol–water partition coefficient (Wildman–Crippen LogP) is 1.38. The minimum absolute atomic E-state index is 0.0295. The van der Waals surface area contributed by atoms with Crippen LogP contribution in [-0.2, 0) is 4.79 Å². The van der Waals surface area contributed by atoms with Crippen molar-refractivity contribution in [2.75, 3.05) is 45.9 Å². The fourth-order valence-corrected chi connectivity index (χ4v) is 2.58. The number of hydrogen-bond acceptors (Lipinski definition) is 4. The molecule has 1 heterocycles. The highest BCUT2D eigenvalue weighted by molar-refractivity contribution is 6.32. The number of carbonyl (C=O) groups is 1. The van der Waals surface area contributed by atoms with E-state index in [-0.39, 0.29) is 30.6 Å². The average Bonchev–Trinajstić information content (AvgIpc) is 2.50. The van der Waals surface area contributed by atoms with Crippen molar-refractivity contribution in [3.63, 3.8) is 0 Å². The van der Waals surface area contributed by atoms with E-state index in [4.69, 9.17) is 21.4 Å². The number of amides is 1. The smallest absolute Gasteiger partial charge is 0.226 e. The molecule has 7 heteroatoms. The summed E-state index contributed by atoms with van der Waals surface area (Å²) in [5.74, 6) is -0.0142. The van der Waals surface area contributed by atoms with E-state index >= 15 is 0 Å². The van der Waals surface area contributed by atoms with Crippen molar-refractivity contribution in [2.24, 2.45) is 0 Å². The Labute approximate surface area is 134 Å². The molecule has 0 aliphatic carbocycles. The average molecular weight is 331 g/mol. The van der Waals surface area contributed by atoms with Gasteiger partial charge in [0.15, 0.2) is 0 Å². The number of ether oxygens (including phenoxy) is 1. The molecule has 1 amide bonds. The Hall–Kier alpha value is -1.37. The summed E-state index contributed by atoms with van der Waals surface area (Å²) in [5.41, 5.74) is 0. The zero-order chi connectivity index (χ0) is 15.9. The quantitative estimate of drug-likeness (QED) is 0.856. The number of β-amino-alcohol motifs (C(OH)–C–C–N with tert-alkyl or cyclic N) is 1. The third kappa shape index (κ3) is 4.83. The Morgan fingerprint density at radius 3 is 2.68 bits per heavy atom. The van der Waals surface area contributed by atoms with Gasteiger partial charge in [0, 0.05) is 32.7 Å². The van der Waals surface area contributed by atoms with Gasteiger partial charge in [-0.3, -0.25) is 9.69 Å². The van der Waals surface area contributed by atoms with Gasteiger partial charge >= 0.3 is 0 Å². The molecule has 22 heavy (non-hydrogen) atoms. The number of nitrogens with zero attached hydrogens (tertiary/aromatic N) is 2. The van der Waals surface area contributed by atoms with Crippen LogP contribution in [-0.4, -0.2) is 66.8 Å². The molecule has 5 nitrogen and oxygen atoms in total. The topological polar surface area (TPSA) is 53.0 Å². The molecular formula is C15H20ClFN2O3. The molecule has 1 saturated heterocycles. The number of benzene rings is 1. The lowest BCUT2D eigenvalue weighted by molar-refractivity contribution is -0.133. The lowest BCUT2D eigenvalue weighted by atomic mass is 10.3. The van der Waals surface area contributed by atoms with Crippen LogP contribution in [0.1, 0.15) is 6.42 Å². The zero-order valence-electron chi connectivity index (χ0n) is 12.3. The van der Waals surface area contributed by atoms with Gasteiger partial charge in [-0.2, -0.15) is 0 Å². The molecule has 1 aliphatic rings. The molecule has 0 spiro atoms. The highest BCUT2D eigenvalue weighted by Gasteiger charge is 2.20. The molecule has 1 aromatic rings. The second-order valence-corrected chi connectivity index (χ2v) is 5.53. The van der Waals surface area contributed by atoms with Crippen LogP contribution < -0.4 is 4.74 Å². The number of rotatable bonds is 6. The van der Waals surface area contributed by atoms with E-state index in [0.29, 0.717) is 25.4 Å². The lowest BCUT2D eigenvalue weighted by Gasteiger charge is -2.34. The Bertz CT molecular complexity index is 508. The van der Waals surface area contributed by atoms with E-state index in [2.05, 4.69) is 4.90 Å². The molecule has 0 bridgehead atoms. The van der Waals surface area contributed by atoms with Crippen LogP contribution in [0.3, 0.4) is 0 Å². The first-order valence-corrected chi connectivity index (χ1v) is 7.67. The van der Waals surface area contributed by atoms with Gasteiger partial charge in [-0.05, 0) is 18.2 Å². The van der Waals surface area contributed by atoms with Crippen molar-refractivity contribution in [3.05, 3.63) is 29.0 Å². The maximum atomic E-state index is 12.9. The summed E-state index contributed by atoms with van der Waals surface area (Å²) in [4.78, 5) is 16.0. The molecule has 0 aromatic heterocycles. The first-order valence-electron chi connectivity index (χ1n) is 7.29. The number of aliphatic hydroxyl groups excluding tert-OH is 1. The van der Waals surface area contributed by atoms with Crippen LogP contribution >= 0.6 is 11.6 Å². The summed E-state index contributed by atoms with van der Waals surface area (Å²) in [6.45, 7) is 3.87. The maximum Gasteiger partial charge on any atom is 0.226 e. The zero-order valence-corrected chi connectivity index (χ0v) is 13.1. The summed E-state index contributed by atoms with van der Waals surface area (Å²) in [5, 5.41) is 9.08. The van der Waals surface area contributed by atoms with E-state index in [1.807, 2.05) is 0 Å². The van der Waals surface area contributed by atoms with Gasteiger partial charge in [-0.15, -0.1) is 0 Å². The normalized spacial score (nSPS) is 15.9. The van der Waals surface area contributed by atoms with Gasteiger partial charge in [-0.25, -0.2) is 4.39 Å². The van der Waals surface area contributed by atoms with Crippen molar-refractivity contribution in [3.8, 4) is 5.75 Å². The van der Waals surface area contributed by atoms with Crippen LogP contribution in [0.4, 0.5) is 4.39 Å². The van der Waals surface area contributed by atoms with Gasteiger partial charge < -0.3 is 14.7 Å². The molecule has 1 aromatic carbocycles. The van der Waals surface area contributed by atoms with E-state index < -0.39 is 5.82 Å². The van der Waals surface area contributed by atoms with Gasteiger partial charge in [0.2, 0.25) is 5.91 Å². The number of hydrogen-bond donors (Lipinski definition) is 1. The number of halogens is 2. The van der Waals surface area contributed by atoms with Crippen LogP contribution in [0, 0.1) is 5.82 Å². The Morgan fingerprint density at radius 2 is 2.05 bits per heavy atom. The van der Waals surface area contributed by atoms with E-state index in [9.17, 15) is 9.18 Å². The summed E-state index contributed by atoms with van der Waals surface area (Å²) in [6, 6.07) is 3.90. The fraction of sp³-hybridized carbons (Fsp3) is 0.533. The van der Waals surface area contributed by atoms with Crippen LogP contribution in [0.25, 0.3) is 0 Å². The Balaban J connectivity index is 1.72. The van der Waals surface area contributed by atoms with Crippen molar-refractivity contribution in [1.29, 1.82) is 0 Å². The monoisotopic (exact) mass is 330 g/mol. The summed E-state index contributed by atoms with van der Waals surface area (Å²) in [6.07, 6.45) is 0.258. The fourth-order valence-electron chi connectivity index (χ4n) is 2.36. The molecule has 122 valence electrons. The Kier molecular flexibility index (Phi) is 6.42. The van der Waals surface area contributed by atoms with E-state index in [1.54, 1.807) is 4.90 Å². The number of piperazine rings is 1. The van der Waals surface area contributed by atoms with Crippen molar-refractivity contribution in [1.82, 2.24) is 9.80 Å². The molecule has 1 aliphatic heterocycles. The molecule has 0 saturated carbocycles.